The Kier molecular flexibility index (Phi) is 7.03. The molecule has 0 aliphatic heterocycles. The molecule has 2 N–H and O–H groups in total. The number of benzene rings is 2. The Morgan fingerprint density at radius 1 is 0.935 bits per heavy atom. The monoisotopic (exact) mass is 474 g/mol. The largest absolute Gasteiger partial charge is 0.493 e. The summed E-state index contributed by atoms with van der Waals surface area (Å²) in [6.07, 6.45) is 0. The van der Waals surface area contributed by atoms with Crippen molar-refractivity contribution in [1.82, 2.24) is 4.31 Å². The molecule has 11 nitrogen and oxygen atoms in total. The zero-order valence-corrected chi connectivity index (χ0v) is 19.0. The Hall–Kier alpha value is -3.03. The van der Waals surface area contributed by atoms with Gasteiger partial charge in [-0.15, -0.1) is 0 Å². The summed E-state index contributed by atoms with van der Waals surface area (Å²) >= 11 is 0. The maximum absolute atomic E-state index is 13.0. The van der Waals surface area contributed by atoms with Crippen molar-refractivity contribution in [2.45, 2.75) is 9.79 Å². The van der Waals surface area contributed by atoms with Crippen molar-refractivity contribution < 1.29 is 40.9 Å². The van der Waals surface area contributed by atoms with E-state index < -0.39 is 42.2 Å². The molecule has 0 bridgehead atoms. The number of sulfonamides is 2. The first-order valence-corrected chi connectivity index (χ1v) is 11.4. The van der Waals surface area contributed by atoms with Crippen LogP contribution in [0.15, 0.2) is 40.1 Å². The van der Waals surface area contributed by atoms with Crippen molar-refractivity contribution >= 4 is 31.7 Å². The van der Waals surface area contributed by atoms with E-state index in [1.807, 2.05) is 0 Å². The first-order chi connectivity index (χ1) is 14.4. The predicted molar refractivity (Wildman–Crippen MR) is 111 cm³/mol. The third kappa shape index (κ3) is 4.68. The van der Waals surface area contributed by atoms with Crippen molar-refractivity contribution in [2.75, 3.05) is 40.1 Å². The molecule has 0 saturated heterocycles. The molecule has 0 aromatic heterocycles. The fourth-order valence-corrected chi connectivity index (χ4v) is 4.78. The third-order valence-corrected chi connectivity index (χ3v) is 7.35. The summed E-state index contributed by atoms with van der Waals surface area (Å²) in [5.74, 6) is -1.70. The summed E-state index contributed by atoms with van der Waals surface area (Å²) in [4.78, 5) is 11.1. The van der Waals surface area contributed by atoms with Crippen molar-refractivity contribution in [3.8, 4) is 17.2 Å². The smallest absolute Gasteiger partial charge is 0.338 e. The molecule has 2 aromatic carbocycles. The molecule has 0 radical (unpaired) electrons. The van der Waals surface area contributed by atoms with E-state index in [4.69, 9.17) is 14.2 Å². The number of carbonyl (C=O) groups is 1. The first-order valence-electron chi connectivity index (χ1n) is 8.52. The fraction of sp³-hybridized carbons (Fsp3) is 0.278. The summed E-state index contributed by atoms with van der Waals surface area (Å²) in [6, 6.07) is 5.72. The highest BCUT2D eigenvalue weighted by molar-refractivity contribution is 7.93. The van der Waals surface area contributed by atoms with Crippen molar-refractivity contribution in [1.29, 1.82) is 0 Å². The van der Waals surface area contributed by atoms with Crippen molar-refractivity contribution in [2.24, 2.45) is 0 Å². The Balaban J connectivity index is 2.69. The van der Waals surface area contributed by atoms with E-state index in [1.165, 1.54) is 53.6 Å². The molecule has 170 valence electrons. The van der Waals surface area contributed by atoms with Gasteiger partial charge in [0.25, 0.3) is 10.0 Å². The van der Waals surface area contributed by atoms with E-state index in [-0.39, 0.29) is 22.1 Å². The van der Waals surface area contributed by atoms with Gasteiger partial charge < -0.3 is 19.3 Å². The van der Waals surface area contributed by atoms with Gasteiger partial charge in [-0.3, -0.25) is 4.72 Å². The molecule has 0 fully saturated rings. The van der Waals surface area contributed by atoms with Crippen LogP contribution in [-0.2, 0) is 20.0 Å². The maximum atomic E-state index is 13.0. The predicted octanol–water partition coefficient (Wildman–Crippen LogP) is 1.46. The lowest BCUT2D eigenvalue weighted by atomic mass is 10.1. The van der Waals surface area contributed by atoms with Crippen LogP contribution in [0, 0.1) is 0 Å². The molecular formula is C18H22N2O9S2. The normalized spacial score (nSPS) is 11.8. The van der Waals surface area contributed by atoms with Gasteiger partial charge in [0.1, 0.15) is 5.69 Å². The number of hydrogen-bond acceptors (Lipinski definition) is 8. The molecular weight excluding hydrogens is 452 g/mol. The third-order valence-electron chi connectivity index (χ3n) is 4.19. The number of rotatable bonds is 9. The molecule has 0 saturated carbocycles. The van der Waals surface area contributed by atoms with Gasteiger partial charge in [0.05, 0.1) is 36.7 Å². The zero-order chi connectivity index (χ0) is 23.6. The van der Waals surface area contributed by atoms with E-state index in [1.54, 1.807) is 0 Å². The van der Waals surface area contributed by atoms with Gasteiger partial charge in [-0.05, 0) is 18.2 Å². The highest BCUT2D eigenvalue weighted by atomic mass is 32.2. The van der Waals surface area contributed by atoms with Crippen molar-refractivity contribution in [3.63, 3.8) is 0 Å². The molecule has 0 aliphatic carbocycles. The quantitative estimate of drug-likeness (QED) is 0.551. The molecule has 0 amide bonds. The minimum Gasteiger partial charge on any atom is -0.493 e. The second kappa shape index (κ2) is 8.99. The molecule has 2 aromatic rings. The molecule has 2 rings (SSSR count). The topological polar surface area (TPSA) is 149 Å². The lowest BCUT2D eigenvalue weighted by Crippen LogP contribution is -2.23. The number of methoxy groups -OCH3 is 3. The van der Waals surface area contributed by atoms with Crippen LogP contribution in [0.2, 0.25) is 0 Å². The number of ether oxygens (including phenoxy) is 3. The highest BCUT2D eigenvalue weighted by Gasteiger charge is 2.29. The van der Waals surface area contributed by atoms with Gasteiger partial charge in [-0.25, -0.2) is 25.9 Å². The number of aromatic carboxylic acids is 1. The number of carboxylic acids is 1. The zero-order valence-electron chi connectivity index (χ0n) is 17.4. The molecule has 0 atom stereocenters. The fourth-order valence-electron chi connectivity index (χ4n) is 2.63. The Labute approximate surface area is 180 Å². The second-order valence-electron chi connectivity index (χ2n) is 6.24. The van der Waals surface area contributed by atoms with Crippen LogP contribution in [0.1, 0.15) is 10.4 Å². The van der Waals surface area contributed by atoms with Gasteiger partial charge in [-0.1, -0.05) is 6.07 Å². The Morgan fingerprint density at radius 3 is 2.00 bits per heavy atom. The summed E-state index contributed by atoms with van der Waals surface area (Å²) in [7, 11) is -1.96. The molecule has 0 spiro atoms. The van der Waals surface area contributed by atoms with E-state index in [0.29, 0.717) is 0 Å². The van der Waals surface area contributed by atoms with Crippen LogP contribution in [0.3, 0.4) is 0 Å². The van der Waals surface area contributed by atoms with Crippen LogP contribution >= 0.6 is 0 Å². The standard InChI is InChI=1S/C18H22N2O9S2/c1-20(2)31(25,26)12-8-6-7-11(9-12)30(23,24)19-15-13(18(21)22)10-14(27-3)16(28-4)17(15)29-5/h6-10,19H,1-5H3,(H,21,22). The number of carboxylic acid groups (broad SMARTS) is 1. The average molecular weight is 475 g/mol. The molecule has 0 heterocycles. The van der Waals surface area contributed by atoms with Crippen LogP contribution < -0.4 is 18.9 Å². The van der Waals surface area contributed by atoms with E-state index in [9.17, 15) is 26.7 Å². The summed E-state index contributed by atoms with van der Waals surface area (Å²) < 4.78 is 69.3. The lowest BCUT2D eigenvalue weighted by molar-refractivity contribution is 0.0697. The molecule has 31 heavy (non-hydrogen) atoms. The van der Waals surface area contributed by atoms with E-state index in [0.717, 1.165) is 16.4 Å². The number of hydrogen-bond donors (Lipinski definition) is 2. The SMILES string of the molecule is COc1cc(C(=O)O)c(NS(=O)(=O)c2cccc(S(=O)(=O)N(C)C)c2)c(OC)c1OC. The van der Waals surface area contributed by atoms with Gasteiger partial charge >= 0.3 is 5.97 Å². The van der Waals surface area contributed by atoms with Crippen LogP contribution in [0.25, 0.3) is 0 Å². The van der Waals surface area contributed by atoms with Gasteiger partial charge in [-0.2, -0.15) is 0 Å². The van der Waals surface area contributed by atoms with Gasteiger partial charge in [0, 0.05) is 20.2 Å². The number of nitrogens with one attached hydrogen (secondary N) is 1. The summed E-state index contributed by atoms with van der Waals surface area (Å²) in [5, 5.41) is 9.58. The van der Waals surface area contributed by atoms with Gasteiger partial charge in [0.2, 0.25) is 15.8 Å². The average Bonchev–Trinajstić information content (AvgIpc) is 2.72. The Morgan fingerprint density at radius 2 is 1.52 bits per heavy atom. The van der Waals surface area contributed by atoms with E-state index in [2.05, 4.69) is 4.72 Å². The molecule has 13 heteroatoms. The molecule has 0 unspecified atom stereocenters. The maximum Gasteiger partial charge on any atom is 0.338 e. The second-order valence-corrected chi connectivity index (χ2v) is 10.1. The van der Waals surface area contributed by atoms with Crippen LogP contribution in [0.4, 0.5) is 5.69 Å². The van der Waals surface area contributed by atoms with Crippen molar-refractivity contribution in [3.05, 3.63) is 35.9 Å². The van der Waals surface area contributed by atoms with Crippen LogP contribution in [-0.4, -0.2) is 67.6 Å². The highest BCUT2D eigenvalue weighted by Crippen LogP contribution is 2.46. The number of nitrogens with zero attached hydrogens (tertiary/aromatic N) is 1. The minimum absolute atomic E-state index is 0.0128. The van der Waals surface area contributed by atoms with Crippen LogP contribution in [0.5, 0.6) is 17.2 Å². The summed E-state index contributed by atoms with van der Waals surface area (Å²) in [5.41, 5.74) is -0.872. The minimum atomic E-state index is -4.43. The number of anilines is 1. The lowest BCUT2D eigenvalue weighted by Gasteiger charge is -2.19. The first kappa shape index (κ1) is 24.2. The van der Waals surface area contributed by atoms with Gasteiger partial charge in [0.15, 0.2) is 11.5 Å². The summed E-state index contributed by atoms with van der Waals surface area (Å²) in [6.45, 7) is 0. The Bertz CT molecular complexity index is 1210. The van der Waals surface area contributed by atoms with E-state index >= 15 is 0 Å². The molecule has 0 aliphatic rings.